The largest absolute Gasteiger partial charge is 0.497 e. The summed E-state index contributed by atoms with van der Waals surface area (Å²) < 4.78 is 61.5. The highest BCUT2D eigenvalue weighted by atomic mass is 32.2. The zero-order valence-electron chi connectivity index (χ0n) is 14.2. The summed E-state index contributed by atoms with van der Waals surface area (Å²) in [5, 5.41) is 0. The molecule has 2 rings (SSSR count). The first-order chi connectivity index (χ1) is 11.6. The van der Waals surface area contributed by atoms with Gasteiger partial charge in [-0.2, -0.15) is 0 Å². The molecule has 0 aliphatic carbocycles. The second kappa shape index (κ2) is 6.93. The van der Waals surface area contributed by atoms with Crippen molar-refractivity contribution in [3.05, 3.63) is 42.0 Å². The lowest BCUT2D eigenvalue weighted by atomic mass is 10.2. The van der Waals surface area contributed by atoms with Crippen LogP contribution in [0.2, 0.25) is 0 Å². The van der Waals surface area contributed by atoms with Gasteiger partial charge in [-0.25, -0.2) is 16.8 Å². The van der Waals surface area contributed by atoms with Crippen molar-refractivity contribution in [1.29, 1.82) is 0 Å². The molecule has 2 aromatic rings. The van der Waals surface area contributed by atoms with Gasteiger partial charge in [-0.05, 0) is 36.8 Å². The van der Waals surface area contributed by atoms with E-state index in [9.17, 15) is 16.8 Å². The van der Waals surface area contributed by atoms with Crippen LogP contribution in [0.3, 0.4) is 0 Å². The average Bonchev–Trinajstić information content (AvgIpc) is 2.55. The number of aryl methyl sites for hydroxylation is 1. The van der Waals surface area contributed by atoms with E-state index in [2.05, 4.69) is 4.72 Å². The van der Waals surface area contributed by atoms with Gasteiger partial charge in [-0.1, -0.05) is 6.07 Å². The van der Waals surface area contributed by atoms with Crippen LogP contribution in [0.5, 0.6) is 11.5 Å². The molecule has 0 spiro atoms. The van der Waals surface area contributed by atoms with Crippen LogP contribution in [-0.2, 0) is 19.9 Å². The highest BCUT2D eigenvalue weighted by molar-refractivity contribution is 7.93. The van der Waals surface area contributed by atoms with Gasteiger partial charge in [0.15, 0.2) is 9.84 Å². The van der Waals surface area contributed by atoms with Gasteiger partial charge >= 0.3 is 0 Å². The number of benzene rings is 2. The minimum atomic E-state index is -4.02. The quantitative estimate of drug-likeness (QED) is 0.819. The Kier molecular flexibility index (Phi) is 5.28. The van der Waals surface area contributed by atoms with E-state index in [0.29, 0.717) is 11.3 Å². The molecular weight excluding hydrogens is 366 g/mol. The number of sulfonamides is 1. The van der Waals surface area contributed by atoms with Crippen LogP contribution >= 0.6 is 0 Å². The van der Waals surface area contributed by atoms with Gasteiger partial charge < -0.3 is 9.47 Å². The molecule has 25 heavy (non-hydrogen) atoms. The van der Waals surface area contributed by atoms with Gasteiger partial charge in [0.05, 0.1) is 24.8 Å². The minimum Gasteiger partial charge on any atom is -0.497 e. The summed E-state index contributed by atoms with van der Waals surface area (Å²) in [6.45, 7) is 1.67. The maximum absolute atomic E-state index is 12.8. The zero-order valence-corrected chi connectivity index (χ0v) is 15.9. The summed E-state index contributed by atoms with van der Waals surface area (Å²) in [4.78, 5) is -0.0908. The van der Waals surface area contributed by atoms with Crippen molar-refractivity contribution in [1.82, 2.24) is 0 Å². The molecule has 0 bridgehead atoms. The maximum atomic E-state index is 12.8. The predicted molar refractivity (Wildman–Crippen MR) is 94.6 cm³/mol. The highest BCUT2D eigenvalue weighted by Gasteiger charge is 2.22. The number of rotatable bonds is 6. The molecule has 0 saturated carbocycles. The molecule has 0 saturated heterocycles. The van der Waals surface area contributed by atoms with Crippen LogP contribution in [-0.4, -0.2) is 37.3 Å². The first-order valence-corrected chi connectivity index (χ1v) is 10.5. The van der Waals surface area contributed by atoms with Crippen LogP contribution in [0.1, 0.15) is 5.56 Å². The fourth-order valence-electron chi connectivity index (χ4n) is 2.14. The number of methoxy groups -OCH3 is 2. The van der Waals surface area contributed by atoms with Crippen LogP contribution in [0, 0.1) is 6.92 Å². The zero-order chi connectivity index (χ0) is 18.8. The fraction of sp³-hybridized carbons (Fsp3) is 0.250. The Morgan fingerprint density at radius 1 is 0.920 bits per heavy atom. The smallest absolute Gasteiger partial charge is 0.265 e. The molecule has 0 unspecified atom stereocenters. The molecule has 7 nitrogen and oxygen atoms in total. The molecule has 0 radical (unpaired) electrons. The van der Waals surface area contributed by atoms with E-state index in [1.54, 1.807) is 13.0 Å². The number of sulfone groups is 1. The molecule has 136 valence electrons. The maximum Gasteiger partial charge on any atom is 0.265 e. The summed E-state index contributed by atoms with van der Waals surface area (Å²) in [6.07, 6.45) is 1.06. The highest BCUT2D eigenvalue weighted by Crippen LogP contribution is 2.31. The summed E-state index contributed by atoms with van der Waals surface area (Å²) in [5.74, 6) is 0.494. The van der Waals surface area contributed by atoms with E-state index < -0.39 is 19.9 Å². The monoisotopic (exact) mass is 385 g/mol. The van der Waals surface area contributed by atoms with Crippen LogP contribution in [0.4, 0.5) is 5.69 Å². The summed E-state index contributed by atoms with van der Waals surface area (Å²) in [6, 6.07) is 8.64. The topological polar surface area (TPSA) is 98.8 Å². The van der Waals surface area contributed by atoms with E-state index in [1.165, 1.54) is 44.6 Å². The molecule has 0 heterocycles. The van der Waals surface area contributed by atoms with Gasteiger partial charge in [0, 0.05) is 12.3 Å². The Bertz CT molecular complexity index is 997. The predicted octanol–water partition coefficient (Wildman–Crippen LogP) is 2.22. The van der Waals surface area contributed by atoms with Crippen molar-refractivity contribution in [3.63, 3.8) is 0 Å². The first kappa shape index (κ1) is 19.1. The van der Waals surface area contributed by atoms with Gasteiger partial charge in [-0.3, -0.25) is 4.72 Å². The molecule has 0 aliphatic heterocycles. The van der Waals surface area contributed by atoms with Gasteiger partial charge in [0.25, 0.3) is 10.0 Å². The Hall–Kier alpha value is -2.26. The molecule has 0 fully saturated rings. The van der Waals surface area contributed by atoms with Crippen molar-refractivity contribution in [2.45, 2.75) is 16.7 Å². The lowest BCUT2D eigenvalue weighted by molar-refractivity contribution is 0.392. The van der Waals surface area contributed by atoms with Gasteiger partial charge in [-0.15, -0.1) is 0 Å². The number of hydrogen-bond donors (Lipinski definition) is 1. The van der Waals surface area contributed by atoms with Crippen LogP contribution in [0.25, 0.3) is 0 Å². The van der Waals surface area contributed by atoms with E-state index in [4.69, 9.17) is 9.47 Å². The number of ether oxygens (including phenoxy) is 2. The van der Waals surface area contributed by atoms with E-state index in [0.717, 1.165) is 6.26 Å². The number of anilines is 1. The van der Waals surface area contributed by atoms with Gasteiger partial charge in [0.2, 0.25) is 0 Å². The van der Waals surface area contributed by atoms with Crippen molar-refractivity contribution >= 4 is 25.5 Å². The molecule has 0 aromatic heterocycles. The standard InChI is InChI=1S/C16H19NO6S2/c1-11-5-7-13(24(4,18)19)10-14(11)17-25(20,21)16-9-12(22-2)6-8-15(16)23-3/h5-10,17H,1-4H3. The van der Waals surface area contributed by atoms with E-state index >= 15 is 0 Å². The average molecular weight is 385 g/mol. The van der Waals surface area contributed by atoms with Crippen molar-refractivity contribution in [3.8, 4) is 11.5 Å². The van der Waals surface area contributed by atoms with Crippen molar-refractivity contribution < 1.29 is 26.3 Å². The second-order valence-corrected chi connectivity index (χ2v) is 9.04. The molecule has 0 atom stereocenters. The minimum absolute atomic E-state index is 0.0217. The lowest BCUT2D eigenvalue weighted by Crippen LogP contribution is -2.15. The Morgan fingerprint density at radius 2 is 1.60 bits per heavy atom. The SMILES string of the molecule is COc1ccc(OC)c(S(=O)(=O)Nc2cc(S(C)(=O)=O)ccc2C)c1. The molecular formula is C16H19NO6S2. The van der Waals surface area contributed by atoms with Crippen molar-refractivity contribution in [2.75, 3.05) is 25.2 Å². The third kappa shape index (κ3) is 4.23. The van der Waals surface area contributed by atoms with Gasteiger partial charge in [0.1, 0.15) is 16.4 Å². The van der Waals surface area contributed by atoms with E-state index in [-0.39, 0.29) is 21.2 Å². The fourth-order valence-corrected chi connectivity index (χ4v) is 4.09. The first-order valence-electron chi connectivity index (χ1n) is 7.14. The normalized spacial score (nSPS) is 11.8. The number of nitrogens with one attached hydrogen (secondary N) is 1. The summed E-state index contributed by atoms with van der Waals surface area (Å²) >= 11 is 0. The Morgan fingerprint density at radius 3 is 2.16 bits per heavy atom. The summed E-state index contributed by atoms with van der Waals surface area (Å²) in [5.41, 5.74) is 0.755. The Labute approximate surface area is 147 Å². The third-order valence-electron chi connectivity index (χ3n) is 3.54. The molecule has 0 amide bonds. The van der Waals surface area contributed by atoms with Crippen LogP contribution in [0.15, 0.2) is 46.2 Å². The molecule has 1 N–H and O–H groups in total. The number of hydrogen-bond acceptors (Lipinski definition) is 6. The second-order valence-electron chi connectivity index (χ2n) is 5.37. The Balaban J connectivity index is 2.53. The molecule has 0 aliphatic rings. The third-order valence-corrected chi connectivity index (χ3v) is 6.04. The molecule has 2 aromatic carbocycles. The summed E-state index contributed by atoms with van der Waals surface area (Å²) in [7, 11) is -4.71. The molecule has 9 heteroatoms. The van der Waals surface area contributed by atoms with Crippen LogP contribution < -0.4 is 14.2 Å². The van der Waals surface area contributed by atoms with Crippen molar-refractivity contribution in [2.24, 2.45) is 0 Å². The lowest BCUT2D eigenvalue weighted by Gasteiger charge is -2.14. The van der Waals surface area contributed by atoms with E-state index in [1.807, 2.05) is 0 Å².